The van der Waals surface area contributed by atoms with Crippen LogP contribution in [0.25, 0.3) is 0 Å². The van der Waals surface area contributed by atoms with Crippen molar-refractivity contribution >= 4 is 0 Å². The average molecular weight is 371 g/mol. The third-order valence-corrected chi connectivity index (χ3v) is 6.04. The molecule has 0 amide bonds. The number of aryl methyl sites for hydroxylation is 2. The number of hydrogen-bond donors (Lipinski definition) is 0. The summed E-state index contributed by atoms with van der Waals surface area (Å²) in [4.78, 5) is 0. The molecule has 1 aliphatic carbocycles. The Kier molecular flexibility index (Phi) is 7.43. The highest BCUT2D eigenvalue weighted by Crippen LogP contribution is 2.31. The summed E-state index contributed by atoms with van der Waals surface area (Å²) in [6.07, 6.45) is 12.5. The molecule has 0 N–H and O–H groups in total. The lowest BCUT2D eigenvalue weighted by molar-refractivity contribution is 0.409. The Morgan fingerprint density at radius 1 is 0.852 bits per heavy atom. The highest BCUT2D eigenvalue weighted by Gasteiger charge is 2.22. The minimum Gasteiger partial charge on any atom is -0.204 e. The number of benzene rings is 2. The second-order valence-electron chi connectivity index (χ2n) is 8.13. The zero-order valence-electron chi connectivity index (χ0n) is 16.6. The first-order valence-corrected chi connectivity index (χ1v) is 10.7. The summed E-state index contributed by atoms with van der Waals surface area (Å²) in [6.45, 7) is 2.25. The van der Waals surface area contributed by atoms with Crippen molar-refractivity contribution in [1.82, 2.24) is 0 Å². The van der Waals surface area contributed by atoms with Gasteiger partial charge in [-0.2, -0.15) is 0 Å². The van der Waals surface area contributed by atoms with E-state index >= 15 is 0 Å². The molecule has 1 unspecified atom stereocenters. The minimum absolute atomic E-state index is 0.570. The van der Waals surface area contributed by atoms with Crippen LogP contribution in [0.15, 0.2) is 36.4 Å². The molecule has 2 aromatic rings. The fourth-order valence-electron chi connectivity index (χ4n) is 4.28. The minimum atomic E-state index is -0.711. The van der Waals surface area contributed by atoms with Gasteiger partial charge in [0.15, 0.2) is 11.6 Å². The topological polar surface area (TPSA) is 0 Å². The summed E-state index contributed by atoms with van der Waals surface area (Å²) in [6, 6.07) is 12.2. The first-order valence-electron chi connectivity index (χ1n) is 10.7. The van der Waals surface area contributed by atoms with Gasteiger partial charge < -0.3 is 0 Å². The molecule has 2 aromatic carbocycles. The van der Waals surface area contributed by atoms with E-state index in [1.54, 1.807) is 6.07 Å². The van der Waals surface area contributed by atoms with Gasteiger partial charge in [0.25, 0.3) is 0 Å². The normalized spacial score (nSPS) is 16.3. The zero-order valence-corrected chi connectivity index (χ0v) is 16.6. The van der Waals surface area contributed by atoms with Crippen LogP contribution in [-0.4, -0.2) is 0 Å². The van der Waals surface area contributed by atoms with Crippen LogP contribution in [0.5, 0.6) is 0 Å². The maximum atomic E-state index is 13.9. The lowest BCUT2D eigenvalue weighted by atomic mass is 9.81. The largest absolute Gasteiger partial charge is 0.204 e. The van der Waals surface area contributed by atoms with Crippen LogP contribution in [0.3, 0.4) is 0 Å². The third-order valence-electron chi connectivity index (χ3n) is 6.04. The van der Waals surface area contributed by atoms with E-state index in [9.17, 15) is 8.78 Å². The summed E-state index contributed by atoms with van der Waals surface area (Å²) >= 11 is 0. The smallest absolute Gasteiger partial charge is 0.162 e. The molecular formula is C25H32F2. The summed E-state index contributed by atoms with van der Waals surface area (Å²) < 4.78 is 27.2. The molecule has 2 heteroatoms. The van der Waals surface area contributed by atoms with Crippen LogP contribution in [-0.2, 0) is 25.7 Å². The lowest BCUT2D eigenvalue weighted by Gasteiger charge is -2.25. The van der Waals surface area contributed by atoms with Crippen molar-refractivity contribution in [3.63, 3.8) is 0 Å². The fourth-order valence-corrected chi connectivity index (χ4v) is 4.28. The van der Waals surface area contributed by atoms with Gasteiger partial charge in [-0.25, -0.2) is 8.78 Å². The van der Waals surface area contributed by atoms with Crippen molar-refractivity contribution in [1.29, 1.82) is 0 Å². The predicted octanol–water partition coefficient (Wildman–Crippen LogP) is 7.22. The molecule has 1 aliphatic rings. The molecule has 0 saturated heterocycles. The van der Waals surface area contributed by atoms with Crippen LogP contribution in [0, 0.1) is 17.6 Å². The quantitative estimate of drug-likeness (QED) is 0.409. The molecule has 0 saturated carbocycles. The maximum Gasteiger partial charge on any atom is 0.162 e. The molecule has 146 valence electrons. The van der Waals surface area contributed by atoms with Crippen molar-refractivity contribution in [3.05, 3.63) is 70.3 Å². The van der Waals surface area contributed by atoms with E-state index in [1.165, 1.54) is 55.7 Å². The van der Waals surface area contributed by atoms with E-state index < -0.39 is 11.6 Å². The molecule has 0 heterocycles. The molecule has 0 nitrogen and oxygen atoms in total. The first-order chi connectivity index (χ1) is 13.2. The van der Waals surface area contributed by atoms with E-state index in [-0.39, 0.29) is 0 Å². The van der Waals surface area contributed by atoms with Gasteiger partial charge >= 0.3 is 0 Å². The van der Waals surface area contributed by atoms with Gasteiger partial charge in [0.1, 0.15) is 0 Å². The number of rotatable bonds is 9. The Morgan fingerprint density at radius 3 is 2.30 bits per heavy atom. The molecule has 3 rings (SSSR count). The average Bonchev–Trinajstić information content (AvgIpc) is 2.70. The summed E-state index contributed by atoms with van der Waals surface area (Å²) in [7, 11) is 0. The molecule has 0 aliphatic heterocycles. The molecule has 0 fully saturated rings. The highest BCUT2D eigenvalue weighted by atomic mass is 19.2. The Bertz CT molecular complexity index is 718. The van der Waals surface area contributed by atoms with Crippen LogP contribution in [0.4, 0.5) is 8.78 Å². The second-order valence-corrected chi connectivity index (χ2v) is 8.13. The Hall–Kier alpha value is -1.70. The third kappa shape index (κ3) is 5.64. The molecule has 27 heavy (non-hydrogen) atoms. The lowest BCUT2D eigenvalue weighted by Crippen LogP contribution is -2.17. The van der Waals surface area contributed by atoms with E-state index in [2.05, 4.69) is 31.2 Å². The standard InChI is InChI=1S/C25H32F2/c1-2-3-4-5-6-7-19-8-10-20(11-9-19)12-13-21-14-16-23-22(18-21)15-17-24(26)25(23)27/h8-11,15,17,21H,2-7,12-14,16,18H2,1H3. The van der Waals surface area contributed by atoms with E-state index in [1.807, 2.05) is 0 Å². The summed E-state index contributed by atoms with van der Waals surface area (Å²) in [5.41, 5.74) is 4.44. The molecule has 0 bridgehead atoms. The number of fused-ring (bicyclic) bond motifs is 1. The molecule has 1 atom stereocenters. The van der Waals surface area contributed by atoms with Crippen molar-refractivity contribution in [3.8, 4) is 0 Å². The first kappa shape index (κ1) is 20.0. The van der Waals surface area contributed by atoms with Gasteiger partial charge in [-0.3, -0.25) is 0 Å². The van der Waals surface area contributed by atoms with E-state index in [4.69, 9.17) is 0 Å². The predicted molar refractivity (Wildman–Crippen MR) is 109 cm³/mol. The SMILES string of the molecule is CCCCCCCc1ccc(CCC2CCc3c(ccc(F)c3F)C2)cc1. The van der Waals surface area contributed by atoms with E-state index in [0.717, 1.165) is 31.2 Å². The van der Waals surface area contributed by atoms with Crippen molar-refractivity contribution < 1.29 is 8.78 Å². The fraction of sp³-hybridized carbons (Fsp3) is 0.520. The zero-order chi connectivity index (χ0) is 19.1. The van der Waals surface area contributed by atoms with Crippen molar-refractivity contribution in [2.45, 2.75) is 77.6 Å². The van der Waals surface area contributed by atoms with Gasteiger partial charge in [0, 0.05) is 0 Å². The Labute approximate surface area is 163 Å². The van der Waals surface area contributed by atoms with Gasteiger partial charge in [-0.1, -0.05) is 62.9 Å². The number of halogens is 2. The monoisotopic (exact) mass is 370 g/mol. The van der Waals surface area contributed by atoms with Crippen LogP contribution in [0.1, 0.15) is 74.1 Å². The van der Waals surface area contributed by atoms with Gasteiger partial charge in [0.2, 0.25) is 0 Å². The molecule has 0 radical (unpaired) electrons. The van der Waals surface area contributed by atoms with Gasteiger partial charge in [0.05, 0.1) is 0 Å². The second kappa shape index (κ2) is 10.0. The summed E-state index contributed by atoms with van der Waals surface area (Å²) in [5, 5.41) is 0. The molecular weight excluding hydrogens is 338 g/mol. The number of hydrogen-bond acceptors (Lipinski definition) is 0. The van der Waals surface area contributed by atoms with E-state index in [0.29, 0.717) is 17.9 Å². The molecule has 0 spiro atoms. The summed E-state index contributed by atoms with van der Waals surface area (Å²) in [5.74, 6) is -0.769. The van der Waals surface area contributed by atoms with Crippen molar-refractivity contribution in [2.75, 3.05) is 0 Å². The number of unbranched alkanes of at least 4 members (excludes halogenated alkanes) is 4. The maximum absolute atomic E-state index is 13.9. The van der Waals surface area contributed by atoms with Crippen LogP contribution in [0.2, 0.25) is 0 Å². The van der Waals surface area contributed by atoms with Gasteiger partial charge in [-0.15, -0.1) is 0 Å². The van der Waals surface area contributed by atoms with Crippen LogP contribution >= 0.6 is 0 Å². The van der Waals surface area contributed by atoms with Crippen molar-refractivity contribution in [2.24, 2.45) is 5.92 Å². The Morgan fingerprint density at radius 2 is 1.56 bits per heavy atom. The van der Waals surface area contributed by atoms with Crippen LogP contribution < -0.4 is 0 Å². The highest BCUT2D eigenvalue weighted by molar-refractivity contribution is 5.32. The Balaban J connectivity index is 1.44. The molecule has 0 aromatic heterocycles. The van der Waals surface area contributed by atoms with Gasteiger partial charge in [-0.05, 0) is 79.2 Å².